The SMILES string of the molecule is CCc1ccc(C2CC(=O)Nc3c2sc(C(=O)O)c3-c2ccc(OC)cc2)cc1. The third kappa shape index (κ3) is 3.51. The van der Waals surface area contributed by atoms with Crippen molar-refractivity contribution in [3.63, 3.8) is 0 Å². The molecule has 0 spiro atoms. The lowest BCUT2D eigenvalue weighted by Crippen LogP contribution is -2.22. The summed E-state index contributed by atoms with van der Waals surface area (Å²) in [5, 5.41) is 12.8. The number of methoxy groups -OCH3 is 1. The van der Waals surface area contributed by atoms with Crippen molar-refractivity contribution in [1.82, 2.24) is 0 Å². The molecule has 5 nitrogen and oxygen atoms in total. The van der Waals surface area contributed by atoms with Gasteiger partial charge in [-0.2, -0.15) is 0 Å². The predicted molar refractivity (Wildman–Crippen MR) is 114 cm³/mol. The van der Waals surface area contributed by atoms with E-state index in [1.807, 2.05) is 24.3 Å². The molecule has 3 aromatic rings. The van der Waals surface area contributed by atoms with Crippen LogP contribution in [0, 0.1) is 0 Å². The highest BCUT2D eigenvalue weighted by Gasteiger charge is 2.34. The van der Waals surface area contributed by atoms with Crippen LogP contribution in [0.2, 0.25) is 0 Å². The molecule has 2 N–H and O–H groups in total. The fraction of sp³-hybridized carbons (Fsp3) is 0.217. The monoisotopic (exact) mass is 407 g/mol. The molecule has 29 heavy (non-hydrogen) atoms. The summed E-state index contributed by atoms with van der Waals surface area (Å²) in [6.45, 7) is 2.10. The second-order valence-electron chi connectivity index (χ2n) is 6.98. The molecule has 1 aliphatic heterocycles. The molecule has 0 saturated heterocycles. The Balaban J connectivity index is 1.87. The minimum Gasteiger partial charge on any atom is -0.497 e. The van der Waals surface area contributed by atoms with E-state index in [9.17, 15) is 14.7 Å². The van der Waals surface area contributed by atoms with Crippen molar-refractivity contribution in [2.45, 2.75) is 25.7 Å². The molecule has 6 heteroatoms. The average molecular weight is 407 g/mol. The van der Waals surface area contributed by atoms with Crippen molar-refractivity contribution in [1.29, 1.82) is 0 Å². The van der Waals surface area contributed by atoms with Gasteiger partial charge in [-0.15, -0.1) is 11.3 Å². The molecule has 148 valence electrons. The Morgan fingerprint density at radius 2 is 1.86 bits per heavy atom. The molecule has 0 saturated carbocycles. The summed E-state index contributed by atoms with van der Waals surface area (Å²) in [6, 6.07) is 15.4. The number of nitrogens with one attached hydrogen (secondary N) is 1. The number of aryl methyl sites for hydroxylation is 1. The van der Waals surface area contributed by atoms with E-state index < -0.39 is 5.97 Å². The van der Waals surface area contributed by atoms with Crippen LogP contribution in [0.4, 0.5) is 5.69 Å². The highest BCUT2D eigenvalue weighted by Crippen LogP contribution is 2.49. The van der Waals surface area contributed by atoms with E-state index in [0.717, 1.165) is 22.4 Å². The summed E-state index contributed by atoms with van der Waals surface area (Å²) in [7, 11) is 1.58. The van der Waals surface area contributed by atoms with Crippen LogP contribution < -0.4 is 10.1 Å². The number of hydrogen-bond donors (Lipinski definition) is 2. The highest BCUT2D eigenvalue weighted by atomic mass is 32.1. The Kier molecular flexibility index (Phi) is 5.11. The number of carboxylic acid groups (broad SMARTS) is 1. The van der Waals surface area contributed by atoms with Gasteiger partial charge in [0.1, 0.15) is 10.6 Å². The number of carbonyl (C=O) groups is 2. The molecule has 1 amide bonds. The van der Waals surface area contributed by atoms with E-state index >= 15 is 0 Å². The van der Waals surface area contributed by atoms with E-state index in [-0.39, 0.29) is 16.7 Å². The standard InChI is InChI=1S/C23H21NO4S/c1-3-13-4-6-14(7-5-13)17-12-18(25)24-20-19(22(23(26)27)29-21(17)20)15-8-10-16(28-2)11-9-15/h4-11,17H,3,12H2,1-2H3,(H,24,25)(H,26,27). The third-order valence-electron chi connectivity index (χ3n) is 5.27. The van der Waals surface area contributed by atoms with Gasteiger partial charge < -0.3 is 15.2 Å². The summed E-state index contributed by atoms with van der Waals surface area (Å²) in [5.41, 5.74) is 4.16. The number of carbonyl (C=O) groups excluding carboxylic acids is 1. The number of rotatable bonds is 5. The lowest BCUT2D eigenvalue weighted by molar-refractivity contribution is -0.116. The molecule has 0 aliphatic carbocycles. The molecule has 0 fully saturated rings. The zero-order valence-corrected chi connectivity index (χ0v) is 17.0. The van der Waals surface area contributed by atoms with E-state index in [0.29, 0.717) is 23.4 Å². The van der Waals surface area contributed by atoms with Crippen LogP contribution in [0.5, 0.6) is 5.75 Å². The van der Waals surface area contributed by atoms with Gasteiger partial charge in [0.25, 0.3) is 0 Å². The van der Waals surface area contributed by atoms with Crippen LogP contribution in [-0.2, 0) is 11.2 Å². The van der Waals surface area contributed by atoms with Gasteiger partial charge in [-0.05, 0) is 35.2 Å². The molecule has 1 aliphatic rings. The van der Waals surface area contributed by atoms with Crippen molar-refractivity contribution in [2.24, 2.45) is 0 Å². The Morgan fingerprint density at radius 1 is 1.17 bits per heavy atom. The topological polar surface area (TPSA) is 75.6 Å². The number of anilines is 1. The zero-order chi connectivity index (χ0) is 20.5. The van der Waals surface area contributed by atoms with Crippen molar-refractivity contribution < 1.29 is 19.4 Å². The molecule has 0 radical (unpaired) electrons. The smallest absolute Gasteiger partial charge is 0.346 e. The van der Waals surface area contributed by atoms with Gasteiger partial charge in [-0.3, -0.25) is 4.79 Å². The fourth-order valence-corrected chi connectivity index (χ4v) is 4.97. The van der Waals surface area contributed by atoms with Gasteiger partial charge in [0.15, 0.2) is 0 Å². The minimum absolute atomic E-state index is 0.105. The second kappa shape index (κ2) is 7.72. The number of fused-ring (bicyclic) bond motifs is 1. The van der Waals surface area contributed by atoms with Crippen LogP contribution in [0.3, 0.4) is 0 Å². The highest BCUT2D eigenvalue weighted by molar-refractivity contribution is 7.15. The third-order valence-corrected chi connectivity index (χ3v) is 6.56. The Hall–Kier alpha value is -3.12. The van der Waals surface area contributed by atoms with Crippen molar-refractivity contribution in [3.8, 4) is 16.9 Å². The first-order chi connectivity index (χ1) is 14.0. The molecule has 0 bridgehead atoms. The Bertz CT molecular complexity index is 1070. The number of ether oxygens (including phenoxy) is 1. The van der Waals surface area contributed by atoms with Gasteiger partial charge in [0, 0.05) is 22.8 Å². The lowest BCUT2D eigenvalue weighted by atomic mass is 9.88. The first-order valence-electron chi connectivity index (χ1n) is 9.45. The van der Waals surface area contributed by atoms with E-state index in [2.05, 4.69) is 24.4 Å². The number of hydrogen-bond acceptors (Lipinski definition) is 4. The van der Waals surface area contributed by atoms with Gasteiger partial charge in [0.05, 0.1) is 12.8 Å². The van der Waals surface area contributed by atoms with Crippen LogP contribution in [0.1, 0.15) is 44.9 Å². The quantitative estimate of drug-likeness (QED) is 0.613. The summed E-state index contributed by atoms with van der Waals surface area (Å²) in [5.74, 6) is -0.566. The first kappa shape index (κ1) is 19.2. The Morgan fingerprint density at radius 3 is 2.45 bits per heavy atom. The van der Waals surface area contributed by atoms with Crippen LogP contribution in [0.15, 0.2) is 48.5 Å². The molecule has 1 unspecified atom stereocenters. The molecule has 4 rings (SSSR count). The van der Waals surface area contributed by atoms with E-state index in [4.69, 9.17) is 4.74 Å². The maximum Gasteiger partial charge on any atom is 0.346 e. The predicted octanol–water partition coefficient (Wildman–Crippen LogP) is 5.16. The van der Waals surface area contributed by atoms with Crippen molar-refractivity contribution in [2.75, 3.05) is 12.4 Å². The largest absolute Gasteiger partial charge is 0.497 e. The van der Waals surface area contributed by atoms with Gasteiger partial charge in [0.2, 0.25) is 5.91 Å². The van der Waals surface area contributed by atoms with Gasteiger partial charge in [-0.1, -0.05) is 43.3 Å². The van der Waals surface area contributed by atoms with Gasteiger partial charge in [-0.25, -0.2) is 4.79 Å². The van der Waals surface area contributed by atoms with Crippen molar-refractivity contribution in [3.05, 3.63) is 69.4 Å². The van der Waals surface area contributed by atoms with Crippen molar-refractivity contribution >= 4 is 28.9 Å². The van der Waals surface area contributed by atoms with Gasteiger partial charge >= 0.3 is 5.97 Å². The number of aromatic carboxylic acids is 1. The minimum atomic E-state index is -0.996. The number of thiophene rings is 1. The first-order valence-corrected chi connectivity index (χ1v) is 10.3. The molecular formula is C23H21NO4S. The fourth-order valence-electron chi connectivity index (χ4n) is 3.73. The number of carboxylic acids is 1. The molecule has 1 atom stereocenters. The zero-order valence-electron chi connectivity index (χ0n) is 16.2. The number of amides is 1. The summed E-state index contributed by atoms with van der Waals surface area (Å²) in [6.07, 6.45) is 1.25. The van der Waals surface area contributed by atoms with E-state index in [1.54, 1.807) is 19.2 Å². The molecular weight excluding hydrogens is 386 g/mol. The van der Waals surface area contributed by atoms with E-state index in [1.165, 1.54) is 16.9 Å². The van der Waals surface area contributed by atoms with Crippen LogP contribution in [-0.4, -0.2) is 24.1 Å². The summed E-state index contributed by atoms with van der Waals surface area (Å²) in [4.78, 5) is 25.7. The summed E-state index contributed by atoms with van der Waals surface area (Å²) < 4.78 is 5.20. The van der Waals surface area contributed by atoms with Crippen LogP contribution >= 0.6 is 11.3 Å². The second-order valence-corrected chi connectivity index (χ2v) is 8.03. The lowest BCUT2D eigenvalue weighted by Gasteiger charge is -2.24. The molecule has 1 aromatic heterocycles. The summed E-state index contributed by atoms with van der Waals surface area (Å²) >= 11 is 1.24. The average Bonchev–Trinajstić information content (AvgIpc) is 3.13. The maximum absolute atomic E-state index is 12.5. The molecule has 2 aromatic carbocycles. The van der Waals surface area contributed by atoms with Crippen LogP contribution in [0.25, 0.3) is 11.1 Å². The Labute approximate surface area is 173 Å². The maximum atomic E-state index is 12.5. The normalized spacial score (nSPS) is 15.5. The molecule has 2 heterocycles. The number of benzene rings is 2.